The Labute approximate surface area is 147 Å². The summed E-state index contributed by atoms with van der Waals surface area (Å²) in [6, 6.07) is 8.77. The molecule has 3 rings (SSSR count). The number of H-pyrrole nitrogens is 1. The molecule has 0 fully saturated rings. The van der Waals surface area contributed by atoms with Crippen LogP contribution in [0.3, 0.4) is 0 Å². The number of aromatic amines is 1. The summed E-state index contributed by atoms with van der Waals surface area (Å²) in [4.78, 5) is 15.0. The molecule has 0 unspecified atom stereocenters. The molecule has 23 heavy (non-hydrogen) atoms. The minimum Gasteiger partial charge on any atom is -0.354 e. The maximum Gasteiger partial charge on any atom is 0.193 e. The Morgan fingerprint density at radius 1 is 1.22 bits per heavy atom. The van der Waals surface area contributed by atoms with Crippen molar-refractivity contribution in [2.45, 2.75) is 0 Å². The molecule has 3 aromatic rings. The van der Waals surface area contributed by atoms with Gasteiger partial charge in [-0.15, -0.1) is 0 Å². The highest BCUT2D eigenvalue weighted by Crippen LogP contribution is 2.29. The molecule has 0 radical (unpaired) electrons. The SMILES string of the molecule is N#Cc1ccc(Cl)c(-c2cc(=O)c3c(F)c(I)c(F)cc3[nH]2)c1. The van der Waals surface area contributed by atoms with E-state index in [2.05, 4.69) is 4.98 Å². The third kappa shape index (κ3) is 2.71. The monoisotopic (exact) mass is 442 g/mol. The van der Waals surface area contributed by atoms with Gasteiger partial charge in [-0.25, -0.2) is 8.78 Å². The summed E-state index contributed by atoms with van der Waals surface area (Å²) in [5, 5.41) is 9.06. The molecule has 0 amide bonds. The predicted molar refractivity (Wildman–Crippen MR) is 92.4 cm³/mol. The quantitative estimate of drug-likeness (QED) is 0.442. The zero-order chi connectivity index (χ0) is 16.7. The highest BCUT2D eigenvalue weighted by atomic mass is 127. The second kappa shape index (κ2) is 5.91. The van der Waals surface area contributed by atoms with Gasteiger partial charge in [0.1, 0.15) is 5.82 Å². The number of aromatic nitrogens is 1. The van der Waals surface area contributed by atoms with E-state index in [4.69, 9.17) is 16.9 Å². The van der Waals surface area contributed by atoms with Gasteiger partial charge in [0.2, 0.25) is 0 Å². The van der Waals surface area contributed by atoms with E-state index in [1.165, 1.54) is 46.9 Å². The summed E-state index contributed by atoms with van der Waals surface area (Å²) in [5.74, 6) is -1.66. The van der Waals surface area contributed by atoms with Gasteiger partial charge in [0.15, 0.2) is 11.2 Å². The summed E-state index contributed by atoms with van der Waals surface area (Å²) in [6.45, 7) is 0. The van der Waals surface area contributed by atoms with Crippen LogP contribution in [0.2, 0.25) is 5.02 Å². The van der Waals surface area contributed by atoms with Gasteiger partial charge in [-0.3, -0.25) is 4.79 Å². The highest BCUT2D eigenvalue weighted by Gasteiger charge is 2.16. The average Bonchev–Trinajstić information content (AvgIpc) is 2.52. The third-order valence-corrected chi connectivity index (χ3v) is 4.66. The number of fused-ring (bicyclic) bond motifs is 1. The van der Waals surface area contributed by atoms with Crippen LogP contribution >= 0.6 is 34.2 Å². The number of hydrogen-bond acceptors (Lipinski definition) is 2. The molecule has 0 bridgehead atoms. The summed E-state index contributed by atoms with van der Waals surface area (Å²) >= 11 is 7.61. The topological polar surface area (TPSA) is 56.6 Å². The fourth-order valence-corrected chi connectivity index (χ4v) is 2.91. The molecule has 1 N–H and O–H groups in total. The molecule has 2 aromatic carbocycles. The molecule has 1 heterocycles. The lowest BCUT2D eigenvalue weighted by molar-refractivity contribution is 0.578. The van der Waals surface area contributed by atoms with Crippen molar-refractivity contribution in [2.24, 2.45) is 0 Å². The first-order valence-corrected chi connectivity index (χ1v) is 7.78. The van der Waals surface area contributed by atoms with Crippen molar-refractivity contribution >= 4 is 45.1 Å². The summed E-state index contributed by atoms with van der Waals surface area (Å²) < 4.78 is 27.6. The molecule has 0 saturated carbocycles. The van der Waals surface area contributed by atoms with Crippen molar-refractivity contribution in [2.75, 3.05) is 0 Å². The van der Waals surface area contributed by atoms with E-state index in [-0.39, 0.29) is 20.2 Å². The summed E-state index contributed by atoms with van der Waals surface area (Å²) in [6.07, 6.45) is 0. The Hall–Kier alpha value is -1.98. The average molecular weight is 443 g/mol. The van der Waals surface area contributed by atoms with Crippen molar-refractivity contribution in [3.05, 3.63) is 66.3 Å². The Kier molecular flexibility index (Phi) is 4.08. The molecule has 7 heteroatoms. The number of nitrogens with one attached hydrogen (secondary N) is 1. The van der Waals surface area contributed by atoms with E-state index in [0.717, 1.165) is 6.07 Å². The molecule has 0 atom stereocenters. The molecule has 0 aliphatic heterocycles. The van der Waals surface area contributed by atoms with Crippen LogP contribution in [0, 0.1) is 26.5 Å². The van der Waals surface area contributed by atoms with E-state index in [9.17, 15) is 13.6 Å². The van der Waals surface area contributed by atoms with Crippen LogP contribution < -0.4 is 5.43 Å². The smallest absolute Gasteiger partial charge is 0.193 e. The number of hydrogen-bond donors (Lipinski definition) is 1. The van der Waals surface area contributed by atoms with Crippen LogP contribution in [0.5, 0.6) is 0 Å². The largest absolute Gasteiger partial charge is 0.354 e. The van der Waals surface area contributed by atoms with Gasteiger partial charge < -0.3 is 4.98 Å². The molecule has 0 saturated heterocycles. The lowest BCUT2D eigenvalue weighted by Crippen LogP contribution is -2.07. The molecule has 1 aromatic heterocycles. The number of nitrogens with zero attached hydrogens (tertiary/aromatic N) is 1. The van der Waals surface area contributed by atoms with Crippen molar-refractivity contribution in [1.82, 2.24) is 4.98 Å². The first kappa shape index (κ1) is 15.9. The number of rotatable bonds is 1. The van der Waals surface area contributed by atoms with Crippen LogP contribution in [0.4, 0.5) is 8.78 Å². The zero-order valence-corrected chi connectivity index (χ0v) is 14.2. The maximum atomic E-state index is 14.1. The van der Waals surface area contributed by atoms with Crippen LogP contribution in [0.1, 0.15) is 5.56 Å². The van der Waals surface area contributed by atoms with E-state index in [1.807, 2.05) is 6.07 Å². The number of pyridine rings is 1. The van der Waals surface area contributed by atoms with E-state index in [0.29, 0.717) is 16.1 Å². The second-order valence-electron chi connectivity index (χ2n) is 4.76. The fraction of sp³-hybridized carbons (Fsp3) is 0. The fourth-order valence-electron chi connectivity index (χ4n) is 2.27. The minimum absolute atomic E-state index is 0.0290. The van der Waals surface area contributed by atoms with Crippen molar-refractivity contribution < 1.29 is 8.78 Å². The molecule has 0 spiro atoms. The number of halogens is 4. The third-order valence-electron chi connectivity index (χ3n) is 3.34. The number of benzene rings is 2. The van der Waals surface area contributed by atoms with Crippen LogP contribution in [0.25, 0.3) is 22.2 Å². The number of nitriles is 1. The lowest BCUT2D eigenvalue weighted by Gasteiger charge is -2.09. The minimum atomic E-state index is -0.898. The van der Waals surface area contributed by atoms with Crippen molar-refractivity contribution in [1.29, 1.82) is 5.26 Å². The predicted octanol–water partition coefficient (Wildman–Crippen LogP) is 4.60. The molecule has 0 aliphatic carbocycles. The van der Waals surface area contributed by atoms with E-state index in [1.54, 1.807) is 0 Å². The van der Waals surface area contributed by atoms with Crippen LogP contribution in [-0.2, 0) is 0 Å². The Morgan fingerprint density at radius 2 is 1.96 bits per heavy atom. The first-order chi connectivity index (χ1) is 10.9. The Morgan fingerprint density at radius 3 is 2.65 bits per heavy atom. The molecule has 0 aliphatic rings. The van der Waals surface area contributed by atoms with Gasteiger partial charge in [0, 0.05) is 16.7 Å². The Bertz CT molecular complexity index is 1060. The Balaban J connectivity index is 2.36. The molecule has 114 valence electrons. The summed E-state index contributed by atoms with van der Waals surface area (Å²) in [7, 11) is 0. The second-order valence-corrected chi connectivity index (χ2v) is 6.25. The van der Waals surface area contributed by atoms with Gasteiger partial charge in [-0.05, 0) is 46.9 Å². The van der Waals surface area contributed by atoms with Crippen LogP contribution in [-0.4, -0.2) is 4.98 Å². The highest BCUT2D eigenvalue weighted by molar-refractivity contribution is 14.1. The molecular formula is C16H6ClF2IN2O. The first-order valence-electron chi connectivity index (χ1n) is 6.33. The van der Waals surface area contributed by atoms with Gasteiger partial charge in [-0.1, -0.05) is 11.6 Å². The zero-order valence-electron chi connectivity index (χ0n) is 11.3. The normalized spacial score (nSPS) is 10.7. The van der Waals surface area contributed by atoms with E-state index < -0.39 is 17.1 Å². The van der Waals surface area contributed by atoms with Gasteiger partial charge in [0.05, 0.1) is 31.8 Å². The summed E-state index contributed by atoms with van der Waals surface area (Å²) in [5.41, 5.74) is 0.475. The van der Waals surface area contributed by atoms with E-state index >= 15 is 0 Å². The molecule has 3 nitrogen and oxygen atoms in total. The van der Waals surface area contributed by atoms with Crippen LogP contribution in [0.15, 0.2) is 35.1 Å². The van der Waals surface area contributed by atoms with Crippen molar-refractivity contribution in [3.63, 3.8) is 0 Å². The van der Waals surface area contributed by atoms with Gasteiger partial charge >= 0.3 is 0 Å². The molecular weight excluding hydrogens is 437 g/mol. The lowest BCUT2D eigenvalue weighted by atomic mass is 10.1. The van der Waals surface area contributed by atoms with Gasteiger partial charge in [0.25, 0.3) is 0 Å². The van der Waals surface area contributed by atoms with Crippen molar-refractivity contribution in [3.8, 4) is 17.3 Å². The standard InChI is InChI=1S/C16H6ClF2IN2O/c17-9-2-1-7(6-21)3-8(9)11-5-13(23)14-12(22-11)4-10(18)16(20)15(14)19/h1-5H,(H,22,23). The van der Waals surface area contributed by atoms with Gasteiger partial charge in [-0.2, -0.15) is 5.26 Å². The maximum absolute atomic E-state index is 14.1.